The van der Waals surface area contributed by atoms with Crippen LogP contribution in [0.2, 0.25) is 0 Å². The summed E-state index contributed by atoms with van der Waals surface area (Å²) in [6.45, 7) is 1.29. The van der Waals surface area contributed by atoms with Crippen molar-refractivity contribution in [3.05, 3.63) is 29.3 Å². The Morgan fingerprint density at radius 2 is 1.86 bits per heavy atom. The number of hydrogen-bond donors (Lipinski definition) is 2. The Hall–Kier alpha value is -2.90. The number of carboxylic acids is 1. The largest absolute Gasteiger partial charge is 0.481 e. The number of fused-ring (bicyclic) bond motifs is 1. The first kappa shape index (κ1) is 18.5. The van der Waals surface area contributed by atoms with Crippen molar-refractivity contribution < 1.29 is 24.3 Å². The lowest BCUT2D eigenvalue weighted by molar-refractivity contribution is -0.141. The van der Waals surface area contributed by atoms with E-state index in [9.17, 15) is 19.2 Å². The number of amides is 3. The second kappa shape index (κ2) is 7.26. The van der Waals surface area contributed by atoms with Gasteiger partial charge in [0.15, 0.2) is 5.78 Å². The molecular weight excluding hydrogens is 362 g/mol. The van der Waals surface area contributed by atoms with Crippen LogP contribution in [-0.2, 0) is 16.0 Å². The lowest BCUT2D eigenvalue weighted by atomic mass is 10.0. The molecule has 2 saturated heterocycles. The minimum absolute atomic E-state index is 0.00749. The molecule has 2 aliphatic heterocycles. The SMILES string of the molecule is O=C1CCc2cc(NC(=O)N3CCC(N4CC(C(=O)O)CC4=O)CC3)ccc21. The number of rotatable bonds is 3. The van der Waals surface area contributed by atoms with Gasteiger partial charge in [-0.15, -0.1) is 0 Å². The van der Waals surface area contributed by atoms with E-state index in [1.165, 1.54) is 0 Å². The molecule has 3 aliphatic rings. The Morgan fingerprint density at radius 3 is 2.54 bits per heavy atom. The highest BCUT2D eigenvalue weighted by Gasteiger charge is 2.39. The number of anilines is 1. The number of nitrogens with one attached hydrogen (secondary N) is 1. The van der Waals surface area contributed by atoms with Crippen molar-refractivity contribution in [2.75, 3.05) is 25.0 Å². The van der Waals surface area contributed by atoms with E-state index in [0.717, 1.165) is 11.1 Å². The Bertz CT molecular complexity index is 844. The predicted molar refractivity (Wildman–Crippen MR) is 100 cm³/mol. The van der Waals surface area contributed by atoms with Crippen molar-refractivity contribution in [1.82, 2.24) is 9.80 Å². The van der Waals surface area contributed by atoms with E-state index in [0.29, 0.717) is 44.5 Å². The van der Waals surface area contributed by atoms with Gasteiger partial charge >= 0.3 is 12.0 Å². The highest BCUT2D eigenvalue weighted by Crippen LogP contribution is 2.27. The van der Waals surface area contributed by atoms with Gasteiger partial charge in [-0.05, 0) is 43.0 Å². The number of carboxylic acid groups (broad SMARTS) is 1. The van der Waals surface area contributed by atoms with E-state index in [-0.39, 0.29) is 36.7 Å². The molecule has 0 radical (unpaired) electrons. The Balaban J connectivity index is 1.32. The number of benzene rings is 1. The zero-order valence-electron chi connectivity index (χ0n) is 15.5. The van der Waals surface area contributed by atoms with E-state index in [4.69, 9.17) is 5.11 Å². The van der Waals surface area contributed by atoms with Crippen molar-refractivity contribution in [1.29, 1.82) is 0 Å². The minimum Gasteiger partial charge on any atom is -0.481 e. The molecule has 28 heavy (non-hydrogen) atoms. The fourth-order valence-electron chi connectivity index (χ4n) is 4.37. The van der Waals surface area contributed by atoms with Crippen molar-refractivity contribution in [2.24, 2.45) is 5.92 Å². The van der Waals surface area contributed by atoms with Crippen LogP contribution < -0.4 is 5.32 Å². The molecule has 1 aromatic rings. The van der Waals surface area contributed by atoms with Crippen LogP contribution in [0.25, 0.3) is 0 Å². The van der Waals surface area contributed by atoms with Gasteiger partial charge in [-0.1, -0.05) is 0 Å². The van der Waals surface area contributed by atoms with Gasteiger partial charge in [0.1, 0.15) is 0 Å². The second-order valence-corrected chi connectivity index (χ2v) is 7.73. The number of carbonyl (C=O) groups excluding carboxylic acids is 3. The van der Waals surface area contributed by atoms with Crippen molar-refractivity contribution in [2.45, 2.75) is 38.1 Å². The summed E-state index contributed by atoms with van der Waals surface area (Å²) >= 11 is 0. The number of aryl methyl sites for hydroxylation is 1. The number of hydrogen-bond acceptors (Lipinski definition) is 4. The van der Waals surface area contributed by atoms with Crippen LogP contribution >= 0.6 is 0 Å². The fourth-order valence-corrected chi connectivity index (χ4v) is 4.37. The number of ketones is 1. The van der Waals surface area contributed by atoms with Crippen LogP contribution in [0.4, 0.5) is 10.5 Å². The van der Waals surface area contributed by atoms with Crippen LogP contribution in [0.15, 0.2) is 18.2 Å². The fraction of sp³-hybridized carbons (Fsp3) is 0.500. The highest BCUT2D eigenvalue weighted by molar-refractivity contribution is 6.01. The topological polar surface area (TPSA) is 107 Å². The number of piperidine rings is 1. The standard InChI is InChI=1S/C20H23N3O5/c24-17-4-1-12-9-14(2-3-16(12)17)21-20(28)22-7-5-15(6-8-22)23-11-13(19(26)27)10-18(23)25/h2-3,9,13,15H,1,4-8,10-11H2,(H,21,28)(H,26,27). The van der Waals surface area contributed by atoms with Gasteiger partial charge in [-0.3, -0.25) is 14.4 Å². The van der Waals surface area contributed by atoms with Gasteiger partial charge in [0.25, 0.3) is 0 Å². The average Bonchev–Trinajstić information content (AvgIpc) is 3.25. The van der Waals surface area contributed by atoms with Crippen molar-refractivity contribution >= 4 is 29.4 Å². The summed E-state index contributed by atoms with van der Waals surface area (Å²) in [6.07, 6.45) is 2.59. The summed E-state index contributed by atoms with van der Waals surface area (Å²) in [4.78, 5) is 50.9. The van der Waals surface area contributed by atoms with Gasteiger partial charge in [0.2, 0.25) is 5.91 Å². The molecule has 148 valence electrons. The molecule has 0 spiro atoms. The molecule has 1 atom stereocenters. The smallest absolute Gasteiger partial charge is 0.321 e. The maximum Gasteiger partial charge on any atom is 0.321 e. The maximum absolute atomic E-state index is 12.6. The van der Waals surface area contributed by atoms with Gasteiger partial charge in [-0.2, -0.15) is 0 Å². The van der Waals surface area contributed by atoms with Crippen LogP contribution in [0, 0.1) is 5.92 Å². The molecular formula is C20H23N3O5. The highest BCUT2D eigenvalue weighted by atomic mass is 16.4. The number of carbonyl (C=O) groups is 4. The first-order valence-corrected chi connectivity index (χ1v) is 9.66. The summed E-state index contributed by atoms with van der Waals surface area (Å²) in [5.74, 6) is -1.51. The van der Waals surface area contributed by atoms with Gasteiger partial charge in [0.05, 0.1) is 5.92 Å². The third kappa shape index (κ3) is 3.46. The molecule has 8 heteroatoms. The number of likely N-dealkylation sites (tertiary alicyclic amines) is 2. The maximum atomic E-state index is 12.6. The van der Waals surface area contributed by atoms with Crippen LogP contribution in [0.5, 0.6) is 0 Å². The van der Waals surface area contributed by atoms with E-state index in [1.54, 1.807) is 21.9 Å². The number of Topliss-reactive ketones (excluding diaryl/α,β-unsaturated/α-hetero) is 1. The Labute approximate surface area is 162 Å². The molecule has 1 aromatic carbocycles. The van der Waals surface area contributed by atoms with E-state index < -0.39 is 11.9 Å². The predicted octanol–water partition coefficient (Wildman–Crippen LogP) is 1.74. The molecule has 0 saturated carbocycles. The second-order valence-electron chi connectivity index (χ2n) is 7.73. The lowest BCUT2D eigenvalue weighted by Gasteiger charge is -2.36. The van der Waals surface area contributed by atoms with Crippen LogP contribution in [0.1, 0.15) is 41.6 Å². The summed E-state index contributed by atoms with van der Waals surface area (Å²) in [5.41, 5.74) is 2.40. The first-order chi connectivity index (χ1) is 13.4. The quantitative estimate of drug-likeness (QED) is 0.824. The molecule has 1 aliphatic carbocycles. The summed E-state index contributed by atoms with van der Waals surface area (Å²) < 4.78 is 0. The summed E-state index contributed by atoms with van der Waals surface area (Å²) in [6, 6.07) is 5.18. The lowest BCUT2D eigenvalue weighted by Crippen LogP contribution is -2.48. The molecule has 2 N–H and O–H groups in total. The molecule has 0 aromatic heterocycles. The number of nitrogens with zero attached hydrogens (tertiary/aromatic N) is 2. The molecule has 1 unspecified atom stereocenters. The van der Waals surface area contributed by atoms with E-state index in [1.807, 2.05) is 6.07 Å². The Morgan fingerprint density at radius 1 is 1.11 bits per heavy atom. The number of aliphatic carboxylic acids is 1. The van der Waals surface area contributed by atoms with Gasteiger partial charge in [0, 0.05) is 49.8 Å². The summed E-state index contributed by atoms with van der Waals surface area (Å²) in [7, 11) is 0. The van der Waals surface area contributed by atoms with Gasteiger partial charge in [-0.25, -0.2) is 4.79 Å². The molecule has 8 nitrogen and oxygen atoms in total. The van der Waals surface area contributed by atoms with E-state index >= 15 is 0 Å². The number of urea groups is 1. The Kier molecular flexibility index (Phi) is 4.78. The van der Waals surface area contributed by atoms with Crippen LogP contribution in [-0.4, -0.2) is 64.3 Å². The molecule has 0 bridgehead atoms. The minimum atomic E-state index is -0.927. The molecule has 2 fully saturated rings. The normalized spacial score (nSPS) is 22.5. The monoisotopic (exact) mass is 385 g/mol. The molecule has 2 heterocycles. The van der Waals surface area contributed by atoms with Crippen LogP contribution in [0.3, 0.4) is 0 Å². The average molecular weight is 385 g/mol. The van der Waals surface area contributed by atoms with Crippen molar-refractivity contribution in [3.63, 3.8) is 0 Å². The van der Waals surface area contributed by atoms with Crippen molar-refractivity contribution in [3.8, 4) is 0 Å². The first-order valence-electron chi connectivity index (χ1n) is 9.66. The molecule has 4 rings (SSSR count). The van der Waals surface area contributed by atoms with Gasteiger partial charge < -0.3 is 20.2 Å². The van der Waals surface area contributed by atoms with E-state index in [2.05, 4.69) is 5.32 Å². The third-order valence-electron chi connectivity index (χ3n) is 5.98. The zero-order valence-corrected chi connectivity index (χ0v) is 15.5. The third-order valence-corrected chi connectivity index (χ3v) is 5.98. The zero-order chi connectivity index (χ0) is 19.8. The summed E-state index contributed by atoms with van der Waals surface area (Å²) in [5, 5.41) is 12.0. The molecule has 3 amide bonds.